The van der Waals surface area contributed by atoms with E-state index in [0.29, 0.717) is 47.9 Å². The first-order chi connectivity index (χ1) is 17.2. The second-order valence-electron chi connectivity index (χ2n) is 8.82. The Hall–Kier alpha value is -2.95. The molecule has 0 N–H and O–H groups in total. The van der Waals surface area contributed by atoms with Crippen LogP contribution in [0.4, 0.5) is 10.1 Å². The Morgan fingerprint density at radius 2 is 1.83 bits per heavy atom. The second-order valence-corrected chi connectivity index (χ2v) is 12.1. The molecule has 2 aromatic carbocycles. The number of hydrogen-bond donors (Lipinski definition) is 1. The highest BCUT2D eigenvalue weighted by Gasteiger charge is 2.29. The quantitative estimate of drug-likeness (QED) is 0.363. The summed E-state index contributed by atoms with van der Waals surface area (Å²) in [5.74, 6) is -0.302. The van der Waals surface area contributed by atoms with Crippen LogP contribution in [-0.2, 0) is 20.7 Å². The molecular formula is C25H23ClFN3O4S2. The van der Waals surface area contributed by atoms with Crippen LogP contribution >= 0.6 is 11.6 Å². The zero-order valence-electron chi connectivity index (χ0n) is 19.3. The Kier molecular flexibility index (Phi) is 6.52. The van der Waals surface area contributed by atoms with Gasteiger partial charge in [-0.3, -0.25) is 0 Å². The van der Waals surface area contributed by atoms with Crippen LogP contribution in [0, 0.1) is 12.7 Å². The summed E-state index contributed by atoms with van der Waals surface area (Å²) in [7, 11) is -6.85. The van der Waals surface area contributed by atoms with Gasteiger partial charge in [0.2, 0.25) is 0 Å². The van der Waals surface area contributed by atoms with Crippen LogP contribution in [0.1, 0.15) is 29.9 Å². The summed E-state index contributed by atoms with van der Waals surface area (Å²) >= 11 is 5.89. The van der Waals surface area contributed by atoms with E-state index in [1.54, 1.807) is 37.5 Å². The van der Waals surface area contributed by atoms with Crippen molar-refractivity contribution in [3.8, 4) is 0 Å². The minimum atomic E-state index is -4.03. The van der Waals surface area contributed by atoms with Crippen molar-refractivity contribution < 1.29 is 21.2 Å². The van der Waals surface area contributed by atoms with Crippen LogP contribution in [0.2, 0.25) is 5.02 Å². The van der Waals surface area contributed by atoms with E-state index >= 15 is 0 Å². The van der Waals surface area contributed by atoms with Gasteiger partial charge in [0, 0.05) is 35.9 Å². The average Bonchev–Trinajstić information content (AvgIpc) is 3.24. The standard InChI is InChI=1S/C25H23ClFN3O4S2/c1-16-13-19(5-7-24(16)35(31)32)36(33,34)30-15-21(20-3-2-10-28-25(20)30)17-8-11-29(12-9-17)23-6-4-18(26)14-22(23)27/h2-7,10,13-15,17,35H,8-9,11-12H2,1H3. The smallest absolute Gasteiger partial charge is 0.269 e. The van der Waals surface area contributed by atoms with Gasteiger partial charge in [-0.25, -0.2) is 30.2 Å². The molecule has 3 heterocycles. The largest absolute Gasteiger partial charge is 0.369 e. The molecule has 1 aliphatic rings. The van der Waals surface area contributed by atoms with E-state index in [2.05, 4.69) is 4.98 Å². The third kappa shape index (κ3) is 4.38. The van der Waals surface area contributed by atoms with Crippen molar-refractivity contribution in [3.05, 3.63) is 82.9 Å². The Bertz CT molecular complexity index is 1650. The monoisotopic (exact) mass is 547 g/mol. The Morgan fingerprint density at radius 1 is 1.08 bits per heavy atom. The highest BCUT2D eigenvalue weighted by molar-refractivity contribution is 7.90. The first kappa shape index (κ1) is 24.7. The highest BCUT2D eigenvalue weighted by Crippen LogP contribution is 2.37. The van der Waals surface area contributed by atoms with Gasteiger partial charge in [-0.1, -0.05) is 11.6 Å². The van der Waals surface area contributed by atoms with Gasteiger partial charge in [0.15, 0.2) is 16.4 Å². The fourth-order valence-corrected chi connectivity index (χ4v) is 6.97. The van der Waals surface area contributed by atoms with Crippen LogP contribution < -0.4 is 4.90 Å². The summed E-state index contributed by atoms with van der Waals surface area (Å²) in [6.45, 7) is 2.78. The lowest BCUT2D eigenvalue weighted by atomic mass is 9.89. The van der Waals surface area contributed by atoms with Gasteiger partial charge >= 0.3 is 0 Å². The highest BCUT2D eigenvalue weighted by atomic mass is 35.5. The molecule has 1 aliphatic heterocycles. The molecule has 4 aromatic rings. The molecule has 2 aromatic heterocycles. The number of halogens is 2. The lowest BCUT2D eigenvalue weighted by Gasteiger charge is -2.33. The number of nitrogens with zero attached hydrogens (tertiary/aromatic N) is 3. The molecule has 0 unspecified atom stereocenters. The first-order valence-electron chi connectivity index (χ1n) is 11.3. The van der Waals surface area contributed by atoms with E-state index in [4.69, 9.17) is 11.6 Å². The van der Waals surface area contributed by atoms with Gasteiger partial charge in [-0.2, -0.15) is 0 Å². The predicted molar refractivity (Wildman–Crippen MR) is 138 cm³/mol. The number of fused-ring (bicyclic) bond motifs is 1. The molecular weight excluding hydrogens is 525 g/mol. The number of rotatable bonds is 5. The summed E-state index contributed by atoms with van der Waals surface area (Å²) in [6, 6.07) is 12.2. The zero-order valence-corrected chi connectivity index (χ0v) is 21.7. The van der Waals surface area contributed by atoms with Crippen LogP contribution in [0.5, 0.6) is 0 Å². The SMILES string of the molecule is Cc1cc(S(=O)(=O)n2cc(C3CCN(c4ccc(Cl)cc4F)CC3)c3cccnc32)ccc1[SH](=O)=O. The number of anilines is 1. The van der Waals surface area contributed by atoms with Crippen LogP contribution in [-0.4, -0.2) is 38.9 Å². The van der Waals surface area contributed by atoms with Crippen molar-refractivity contribution in [1.29, 1.82) is 0 Å². The number of hydrogen-bond acceptors (Lipinski definition) is 6. The molecule has 188 valence electrons. The summed E-state index contributed by atoms with van der Waals surface area (Å²) in [5, 5.41) is 1.09. The topological polar surface area (TPSA) is 89.3 Å². The van der Waals surface area contributed by atoms with Gasteiger partial charge in [0.1, 0.15) is 5.82 Å². The van der Waals surface area contributed by atoms with Gasteiger partial charge in [0.25, 0.3) is 10.0 Å². The number of piperidine rings is 1. The Labute approximate surface area is 215 Å². The van der Waals surface area contributed by atoms with E-state index < -0.39 is 20.7 Å². The third-order valence-corrected chi connectivity index (χ3v) is 9.45. The number of aromatic nitrogens is 2. The van der Waals surface area contributed by atoms with Crippen molar-refractivity contribution >= 4 is 49.0 Å². The second kappa shape index (κ2) is 9.49. The maximum atomic E-state index is 14.4. The molecule has 0 aliphatic carbocycles. The number of pyridine rings is 1. The molecule has 36 heavy (non-hydrogen) atoms. The molecule has 0 atom stereocenters. The molecule has 11 heteroatoms. The predicted octanol–water partition coefficient (Wildman–Crippen LogP) is 4.73. The molecule has 0 amide bonds. The summed E-state index contributed by atoms with van der Waals surface area (Å²) in [4.78, 5) is 6.40. The van der Waals surface area contributed by atoms with Crippen LogP contribution in [0.15, 0.2) is 70.7 Å². The van der Waals surface area contributed by atoms with Crippen molar-refractivity contribution in [2.75, 3.05) is 18.0 Å². The van der Waals surface area contributed by atoms with Gasteiger partial charge in [0.05, 0.1) is 15.5 Å². The molecule has 5 rings (SSSR count). The molecule has 1 fully saturated rings. The minimum absolute atomic E-state index is 0.0114. The number of thiol groups is 1. The fraction of sp³-hybridized carbons (Fsp3) is 0.240. The van der Waals surface area contributed by atoms with E-state index in [9.17, 15) is 21.2 Å². The van der Waals surface area contributed by atoms with Crippen molar-refractivity contribution in [2.45, 2.75) is 35.5 Å². The maximum absolute atomic E-state index is 14.4. The molecule has 0 saturated carbocycles. The number of benzene rings is 2. The van der Waals surface area contributed by atoms with Gasteiger partial charge < -0.3 is 4.90 Å². The zero-order chi connectivity index (χ0) is 25.6. The molecule has 0 radical (unpaired) electrons. The maximum Gasteiger partial charge on any atom is 0.269 e. The lowest BCUT2D eigenvalue weighted by molar-refractivity contribution is 0.499. The van der Waals surface area contributed by atoms with Crippen molar-refractivity contribution in [1.82, 2.24) is 8.96 Å². The Morgan fingerprint density at radius 3 is 2.50 bits per heavy atom. The molecule has 0 spiro atoms. The van der Waals surface area contributed by atoms with Crippen LogP contribution in [0.3, 0.4) is 0 Å². The summed E-state index contributed by atoms with van der Waals surface area (Å²) in [6.07, 6.45) is 4.58. The molecule has 1 saturated heterocycles. The third-order valence-electron chi connectivity index (χ3n) is 6.67. The fourth-order valence-electron chi connectivity index (χ4n) is 4.84. The normalized spacial score (nSPS) is 15.2. The molecule has 0 bridgehead atoms. The van der Waals surface area contributed by atoms with Gasteiger partial charge in [-0.15, -0.1) is 0 Å². The van der Waals surface area contributed by atoms with E-state index in [0.717, 1.165) is 10.9 Å². The lowest BCUT2D eigenvalue weighted by Crippen LogP contribution is -2.33. The minimum Gasteiger partial charge on any atom is -0.369 e. The Balaban J connectivity index is 1.49. The van der Waals surface area contributed by atoms with E-state index in [1.807, 2.05) is 11.0 Å². The van der Waals surface area contributed by atoms with Crippen molar-refractivity contribution in [2.24, 2.45) is 0 Å². The van der Waals surface area contributed by atoms with E-state index in [-0.39, 0.29) is 21.5 Å². The average molecular weight is 548 g/mol. The molecule has 7 nitrogen and oxygen atoms in total. The number of aryl methyl sites for hydroxylation is 1. The summed E-state index contributed by atoms with van der Waals surface area (Å²) in [5.41, 5.74) is 2.05. The van der Waals surface area contributed by atoms with Gasteiger partial charge in [-0.05, 0) is 85.3 Å². The van der Waals surface area contributed by atoms with Crippen molar-refractivity contribution in [3.63, 3.8) is 0 Å². The first-order valence-corrected chi connectivity index (χ1v) is 14.3. The van der Waals surface area contributed by atoms with E-state index in [1.165, 1.54) is 28.2 Å². The van der Waals surface area contributed by atoms with Crippen LogP contribution in [0.25, 0.3) is 11.0 Å². The summed E-state index contributed by atoms with van der Waals surface area (Å²) < 4.78 is 65.6.